The third-order valence-corrected chi connectivity index (χ3v) is 3.56. The Hall–Kier alpha value is -1.55. The average molecular weight is 262 g/mol. The number of ether oxygens (including phenoxy) is 1. The molecule has 1 aliphatic rings. The minimum Gasteiger partial charge on any atom is -0.465 e. The first-order chi connectivity index (χ1) is 9.29. The lowest BCUT2D eigenvalue weighted by atomic mass is 9.96. The summed E-state index contributed by atoms with van der Waals surface area (Å²) in [6, 6.07) is 7.45. The summed E-state index contributed by atoms with van der Waals surface area (Å²) in [5.74, 6) is 0.477. The van der Waals surface area contributed by atoms with Crippen LogP contribution in [0.25, 0.3) is 0 Å². The summed E-state index contributed by atoms with van der Waals surface area (Å²) in [6.45, 7) is 3.23. The summed E-state index contributed by atoms with van der Waals surface area (Å²) in [5.41, 5.74) is 1.57. The van der Waals surface area contributed by atoms with E-state index >= 15 is 0 Å². The van der Waals surface area contributed by atoms with Crippen LogP contribution in [0.3, 0.4) is 0 Å². The minimum absolute atomic E-state index is 0.292. The maximum absolute atomic E-state index is 11.4. The van der Waals surface area contributed by atoms with Crippen LogP contribution in [-0.2, 0) is 4.74 Å². The molecule has 0 aliphatic carbocycles. The van der Waals surface area contributed by atoms with Crippen molar-refractivity contribution < 1.29 is 9.53 Å². The normalized spacial score (nSPS) is 18.9. The van der Waals surface area contributed by atoms with Crippen LogP contribution in [-0.4, -0.2) is 32.7 Å². The first-order valence-electron chi connectivity index (χ1n) is 6.92. The SMILES string of the molecule is COC(=O)c1cccc(NCCC2CCCNC2)c1. The predicted octanol–water partition coefficient (Wildman–Crippen LogP) is 2.27. The number of hydrogen-bond acceptors (Lipinski definition) is 4. The standard InChI is InChI=1S/C15H22N2O2/c1-19-15(18)13-5-2-6-14(10-13)17-9-7-12-4-3-8-16-11-12/h2,5-6,10,12,16-17H,3-4,7-9,11H2,1H3. The molecule has 1 atom stereocenters. The fourth-order valence-electron chi connectivity index (χ4n) is 2.46. The molecule has 4 nitrogen and oxygen atoms in total. The van der Waals surface area contributed by atoms with Gasteiger partial charge in [-0.25, -0.2) is 4.79 Å². The lowest BCUT2D eigenvalue weighted by Gasteiger charge is -2.22. The minimum atomic E-state index is -0.292. The predicted molar refractivity (Wildman–Crippen MR) is 76.5 cm³/mol. The average Bonchev–Trinajstić information content (AvgIpc) is 2.48. The van der Waals surface area contributed by atoms with Gasteiger partial charge < -0.3 is 15.4 Å². The summed E-state index contributed by atoms with van der Waals surface area (Å²) in [7, 11) is 1.40. The maximum atomic E-state index is 11.4. The number of piperidine rings is 1. The highest BCUT2D eigenvalue weighted by molar-refractivity contribution is 5.90. The topological polar surface area (TPSA) is 50.4 Å². The number of methoxy groups -OCH3 is 1. The van der Waals surface area contributed by atoms with E-state index in [4.69, 9.17) is 4.74 Å². The first kappa shape index (κ1) is 13.9. The molecule has 1 fully saturated rings. The monoisotopic (exact) mass is 262 g/mol. The highest BCUT2D eigenvalue weighted by atomic mass is 16.5. The molecule has 0 bridgehead atoms. The number of benzene rings is 1. The van der Waals surface area contributed by atoms with Crippen LogP contribution >= 0.6 is 0 Å². The van der Waals surface area contributed by atoms with Gasteiger partial charge in [0.25, 0.3) is 0 Å². The van der Waals surface area contributed by atoms with Crippen LogP contribution in [0.15, 0.2) is 24.3 Å². The molecule has 0 aromatic heterocycles. The molecular formula is C15H22N2O2. The van der Waals surface area contributed by atoms with E-state index in [9.17, 15) is 4.79 Å². The van der Waals surface area contributed by atoms with Gasteiger partial charge in [0, 0.05) is 12.2 Å². The molecule has 1 saturated heterocycles. The quantitative estimate of drug-likeness (QED) is 0.799. The number of nitrogens with one attached hydrogen (secondary N) is 2. The lowest BCUT2D eigenvalue weighted by Crippen LogP contribution is -2.30. The van der Waals surface area contributed by atoms with E-state index in [1.165, 1.54) is 20.0 Å². The molecule has 104 valence electrons. The zero-order valence-electron chi connectivity index (χ0n) is 11.4. The highest BCUT2D eigenvalue weighted by Crippen LogP contribution is 2.15. The molecule has 0 amide bonds. The van der Waals surface area contributed by atoms with Gasteiger partial charge in [0.1, 0.15) is 0 Å². The molecule has 0 saturated carbocycles. The smallest absolute Gasteiger partial charge is 0.337 e. The van der Waals surface area contributed by atoms with Gasteiger partial charge >= 0.3 is 5.97 Å². The summed E-state index contributed by atoms with van der Waals surface area (Å²) in [6.07, 6.45) is 3.76. The van der Waals surface area contributed by atoms with Gasteiger partial charge in [-0.05, 0) is 56.5 Å². The molecule has 2 N–H and O–H groups in total. The number of rotatable bonds is 5. The van der Waals surface area contributed by atoms with Gasteiger partial charge in [0.05, 0.1) is 12.7 Å². The second-order valence-corrected chi connectivity index (χ2v) is 5.00. The Morgan fingerprint density at radius 3 is 3.16 bits per heavy atom. The maximum Gasteiger partial charge on any atom is 0.337 e. The van der Waals surface area contributed by atoms with Crippen molar-refractivity contribution >= 4 is 11.7 Å². The Kier molecular flexibility index (Phi) is 5.21. The second kappa shape index (κ2) is 7.14. The Balaban J connectivity index is 1.80. The summed E-state index contributed by atoms with van der Waals surface area (Å²) >= 11 is 0. The van der Waals surface area contributed by atoms with Gasteiger partial charge in [-0.3, -0.25) is 0 Å². The fourth-order valence-corrected chi connectivity index (χ4v) is 2.46. The molecule has 1 aromatic carbocycles. The Bertz CT molecular complexity index is 414. The van der Waals surface area contributed by atoms with Crippen molar-refractivity contribution in [3.05, 3.63) is 29.8 Å². The van der Waals surface area contributed by atoms with E-state index in [0.717, 1.165) is 37.7 Å². The Morgan fingerprint density at radius 1 is 1.53 bits per heavy atom. The van der Waals surface area contributed by atoms with E-state index in [1.807, 2.05) is 18.2 Å². The molecule has 0 radical (unpaired) electrons. The van der Waals surface area contributed by atoms with E-state index in [1.54, 1.807) is 6.07 Å². The van der Waals surface area contributed by atoms with Crippen LogP contribution in [0.1, 0.15) is 29.6 Å². The van der Waals surface area contributed by atoms with Crippen molar-refractivity contribution in [1.29, 1.82) is 0 Å². The summed E-state index contributed by atoms with van der Waals surface area (Å²) in [5, 5.41) is 6.80. The molecule has 1 aromatic rings. The molecular weight excluding hydrogens is 240 g/mol. The first-order valence-corrected chi connectivity index (χ1v) is 6.92. The highest BCUT2D eigenvalue weighted by Gasteiger charge is 2.12. The van der Waals surface area contributed by atoms with Gasteiger partial charge in [0.2, 0.25) is 0 Å². The molecule has 0 spiro atoms. The molecule has 19 heavy (non-hydrogen) atoms. The van der Waals surface area contributed by atoms with Crippen LogP contribution < -0.4 is 10.6 Å². The molecule has 4 heteroatoms. The zero-order valence-corrected chi connectivity index (χ0v) is 11.4. The number of esters is 1. The fraction of sp³-hybridized carbons (Fsp3) is 0.533. The third-order valence-electron chi connectivity index (χ3n) is 3.56. The Labute approximate surface area is 114 Å². The number of hydrogen-bond donors (Lipinski definition) is 2. The number of anilines is 1. The van der Waals surface area contributed by atoms with Crippen molar-refractivity contribution in [2.45, 2.75) is 19.3 Å². The third kappa shape index (κ3) is 4.24. The van der Waals surface area contributed by atoms with Crippen LogP contribution in [0, 0.1) is 5.92 Å². The van der Waals surface area contributed by atoms with Crippen LogP contribution in [0.2, 0.25) is 0 Å². The van der Waals surface area contributed by atoms with Gasteiger partial charge in [0.15, 0.2) is 0 Å². The van der Waals surface area contributed by atoms with Crippen molar-refractivity contribution in [2.75, 3.05) is 32.1 Å². The lowest BCUT2D eigenvalue weighted by molar-refractivity contribution is 0.0601. The molecule has 1 unspecified atom stereocenters. The van der Waals surface area contributed by atoms with E-state index in [-0.39, 0.29) is 5.97 Å². The van der Waals surface area contributed by atoms with E-state index < -0.39 is 0 Å². The number of carbonyl (C=O) groups excluding carboxylic acids is 1. The summed E-state index contributed by atoms with van der Waals surface area (Å²) < 4.78 is 4.72. The van der Waals surface area contributed by atoms with Crippen molar-refractivity contribution in [3.63, 3.8) is 0 Å². The van der Waals surface area contributed by atoms with Crippen molar-refractivity contribution in [2.24, 2.45) is 5.92 Å². The van der Waals surface area contributed by atoms with Gasteiger partial charge in [-0.1, -0.05) is 6.07 Å². The van der Waals surface area contributed by atoms with Crippen LogP contribution in [0.4, 0.5) is 5.69 Å². The number of carbonyl (C=O) groups is 1. The second-order valence-electron chi connectivity index (χ2n) is 5.00. The van der Waals surface area contributed by atoms with Crippen molar-refractivity contribution in [3.8, 4) is 0 Å². The van der Waals surface area contributed by atoms with Crippen molar-refractivity contribution in [1.82, 2.24) is 5.32 Å². The van der Waals surface area contributed by atoms with E-state index in [0.29, 0.717) is 5.56 Å². The van der Waals surface area contributed by atoms with Gasteiger partial charge in [-0.15, -0.1) is 0 Å². The largest absolute Gasteiger partial charge is 0.465 e. The van der Waals surface area contributed by atoms with Gasteiger partial charge in [-0.2, -0.15) is 0 Å². The van der Waals surface area contributed by atoms with E-state index in [2.05, 4.69) is 10.6 Å². The molecule has 1 aliphatic heterocycles. The molecule has 1 heterocycles. The summed E-state index contributed by atoms with van der Waals surface area (Å²) in [4.78, 5) is 11.4. The zero-order chi connectivity index (χ0) is 13.5. The van der Waals surface area contributed by atoms with Crippen LogP contribution in [0.5, 0.6) is 0 Å². The molecule has 2 rings (SSSR count). The Morgan fingerprint density at radius 2 is 2.42 bits per heavy atom.